The lowest BCUT2D eigenvalue weighted by Crippen LogP contribution is -2.05. The predicted octanol–water partition coefficient (Wildman–Crippen LogP) is 3.44. The summed E-state index contributed by atoms with van der Waals surface area (Å²) in [5.41, 5.74) is 2.24. The molecule has 0 radical (unpaired) electrons. The summed E-state index contributed by atoms with van der Waals surface area (Å²) in [6.07, 6.45) is 1.73. The number of carbonyl (C=O) groups excluding carboxylic acids is 1. The molecule has 4 nitrogen and oxygen atoms in total. The zero-order chi connectivity index (χ0) is 14.1. The highest BCUT2D eigenvalue weighted by molar-refractivity contribution is 7.08. The van der Waals surface area contributed by atoms with Crippen LogP contribution in [0.4, 0.5) is 0 Å². The van der Waals surface area contributed by atoms with Gasteiger partial charge in [0.15, 0.2) is 0 Å². The number of rotatable bonds is 3. The van der Waals surface area contributed by atoms with E-state index < -0.39 is 0 Å². The predicted molar refractivity (Wildman–Crippen MR) is 79.2 cm³/mol. The van der Waals surface area contributed by atoms with Crippen molar-refractivity contribution in [3.8, 4) is 0 Å². The van der Waals surface area contributed by atoms with Crippen LogP contribution in [-0.2, 0) is 0 Å². The van der Waals surface area contributed by atoms with Crippen LogP contribution in [0, 0.1) is 0 Å². The van der Waals surface area contributed by atoms with Gasteiger partial charge in [-0.25, -0.2) is 0 Å². The van der Waals surface area contributed by atoms with Gasteiger partial charge in [0.2, 0.25) is 5.78 Å². The first-order chi connectivity index (χ1) is 9.68. The molecule has 0 atom stereocenters. The van der Waals surface area contributed by atoms with Crippen LogP contribution in [0.25, 0.3) is 10.9 Å². The number of fused-ring (bicyclic) bond motifs is 1. The smallest absolute Gasteiger partial charge is 0.207 e. The molecule has 2 aromatic heterocycles. The molecule has 0 saturated carbocycles. The maximum Gasteiger partial charge on any atom is 0.207 e. The molecule has 5 heteroatoms. The number of benzene rings is 1. The van der Waals surface area contributed by atoms with E-state index in [0.29, 0.717) is 10.4 Å². The monoisotopic (exact) mass is 283 g/mol. The van der Waals surface area contributed by atoms with E-state index >= 15 is 0 Å². The molecule has 0 bridgehead atoms. The molecule has 1 aromatic carbocycles. The SMILES string of the molecule is CC(C)c1nnsc1C(=O)c1cccc2ncccc12. The Kier molecular flexibility index (Phi) is 3.28. The van der Waals surface area contributed by atoms with Crippen molar-refractivity contribution in [1.29, 1.82) is 0 Å². The Morgan fingerprint density at radius 2 is 2.05 bits per heavy atom. The van der Waals surface area contributed by atoms with Crippen molar-refractivity contribution in [2.24, 2.45) is 0 Å². The number of pyridine rings is 1. The lowest BCUT2D eigenvalue weighted by atomic mass is 10.0. The van der Waals surface area contributed by atoms with Crippen LogP contribution in [0.5, 0.6) is 0 Å². The fourth-order valence-corrected chi connectivity index (χ4v) is 2.93. The van der Waals surface area contributed by atoms with E-state index in [2.05, 4.69) is 14.6 Å². The Morgan fingerprint density at radius 3 is 2.85 bits per heavy atom. The van der Waals surface area contributed by atoms with Crippen molar-refractivity contribution in [3.63, 3.8) is 0 Å². The Hall–Kier alpha value is -2.14. The van der Waals surface area contributed by atoms with Gasteiger partial charge < -0.3 is 0 Å². The first-order valence-electron chi connectivity index (χ1n) is 6.39. The summed E-state index contributed by atoms with van der Waals surface area (Å²) in [5.74, 6) is 0.156. The molecule has 0 amide bonds. The van der Waals surface area contributed by atoms with Gasteiger partial charge in [-0.2, -0.15) is 0 Å². The Bertz CT molecular complexity index is 774. The molecule has 0 aliphatic carbocycles. The van der Waals surface area contributed by atoms with Gasteiger partial charge in [-0.1, -0.05) is 36.5 Å². The number of nitrogens with zero attached hydrogens (tertiary/aromatic N) is 3. The first-order valence-corrected chi connectivity index (χ1v) is 7.16. The highest BCUT2D eigenvalue weighted by atomic mass is 32.1. The average Bonchev–Trinajstić information content (AvgIpc) is 2.95. The third-order valence-electron chi connectivity index (χ3n) is 3.16. The van der Waals surface area contributed by atoms with Crippen LogP contribution in [-0.4, -0.2) is 20.4 Å². The van der Waals surface area contributed by atoms with E-state index in [4.69, 9.17) is 0 Å². The van der Waals surface area contributed by atoms with Crippen LogP contribution < -0.4 is 0 Å². The second kappa shape index (κ2) is 5.09. The van der Waals surface area contributed by atoms with Gasteiger partial charge in [-0.15, -0.1) is 5.10 Å². The fraction of sp³-hybridized carbons (Fsp3) is 0.200. The van der Waals surface area contributed by atoms with E-state index in [1.807, 2.05) is 44.2 Å². The van der Waals surface area contributed by atoms with Crippen molar-refractivity contribution in [2.75, 3.05) is 0 Å². The summed E-state index contributed by atoms with van der Waals surface area (Å²) >= 11 is 1.16. The van der Waals surface area contributed by atoms with Gasteiger partial charge in [0.25, 0.3) is 0 Å². The number of ketones is 1. The average molecular weight is 283 g/mol. The maximum atomic E-state index is 12.7. The van der Waals surface area contributed by atoms with Crippen LogP contribution >= 0.6 is 11.5 Å². The molecule has 0 unspecified atom stereocenters. The third-order valence-corrected chi connectivity index (χ3v) is 3.90. The van der Waals surface area contributed by atoms with Crippen LogP contribution in [0.1, 0.15) is 40.7 Å². The zero-order valence-electron chi connectivity index (χ0n) is 11.2. The molecule has 2 heterocycles. The van der Waals surface area contributed by atoms with Crippen molar-refractivity contribution < 1.29 is 4.79 Å². The van der Waals surface area contributed by atoms with Gasteiger partial charge >= 0.3 is 0 Å². The van der Waals surface area contributed by atoms with Gasteiger partial charge in [0, 0.05) is 17.1 Å². The fourth-order valence-electron chi connectivity index (χ4n) is 2.16. The van der Waals surface area contributed by atoms with E-state index in [9.17, 15) is 4.79 Å². The van der Waals surface area contributed by atoms with Crippen molar-refractivity contribution in [3.05, 3.63) is 52.7 Å². The van der Waals surface area contributed by atoms with Gasteiger partial charge in [0.1, 0.15) is 4.88 Å². The standard InChI is InChI=1S/C15H13N3OS/c1-9(2)13-15(20-18-17-13)14(19)11-5-3-7-12-10(11)6-4-8-16-12/h3-9H,1-2H3. The van der Waals surface area contributed by atoms with Crippen LogP contribution in [0.2, 0.25) is 0 Å². The van der Waals surface area contributed by atoms with Gasteiger partial charge in [0.05, 0.1) is 11.2 Å². The van der Waals surface area contributed by atoms with E-state index in [0.717, 1.165) is 28.1 Å². The summed E-state index contributed by atoms with van der Waals surface area (Å²) in [6.45, 7) is 4.02. The lowest BCUT2D eigenvalue weighted by molar-refractivity contribution is 0.104. The minimum atomic E-state index is -0.0256. The van der Waals surface area contributed by atoms with Crippen molar-refractivity contribution >= 4 is 28.2 Å². The van der Waals surface area contributed by atoms with Crippen LogP contribution in [0.3, 0.4) is 0 Å². The highest BCUT2D eigenvalue weighted by Crippen LogP contribution is 2.26. The minimum absolute atomic E-state index is 0.0256. The van der Waals surface area contributed by atoms with Gasteiger partial charge in [-0.3, -0.25) is 9.78 Å². The normalized spacial score (nSPS) is 11.2. The summed E-state index contributed by atoms with van der Waals surface area (Å²) in [4.78, 5) is 17.7. The molecular formula is C15H13N3OS. The molecule has 0 aliphatic rings. The number of hydrogen-bond donors (Lipinski definition) is 0. The zero-order valence-corrected chi connectivity index (χ0v) is 12.0. The summed E-state index contributed by atoms with van der Waals surface area (Å²) in [5, 5.41) is 4.94. The Labute approximate surface area is 120 Å². The highest BCUT2D eigenvalue weighted by Gasteiger charge is 2.21. The first kappa shape index (κ1) is 12.9. The Morgan fingerprint density at radius 1 is 1.20 bits per heavy atom. The van der Waals surface area contributed by atoms with E-state index in [1.165, 1.54) is 0 Å². The number of hydrogen-bond acceptors (Lipinski definition) is 5. The van der Waals surface area contributed by atoms with E-state index in [-0.39, 0.29) is 11.7 Å². The quantitative estimate of drug-likeness (QED) is 0.691. The molecule has 0 N–H and O–H groups in total. The van der Waals surface area contributed by atoms with Crippen molar-refractivity contribution in [2.45, 2.75) is 19.8 Å². The molecule has 100 valence electrons. The number of aromatic nitrogens is 3. The van der Waals surface area contributed by atoms with Gasteiger partial charge in [-0.05, 0) is 29.6 Å². The Balaban J connectivity index is 2.16. The lowest BCUT2D eigenvalue weighted by Gasteiger charge is -2.06. The maximum absolute atomic E-state index is 12.7. The molecule has 3 rings (SSSR count). The molecule has 3 aromatic rings. The third kappa shape index (κ3) is 2.10. The molecule has 0 spiro atoms. The second-order valence-corrected chi connectivity index (χ2v) is 5.60. The molecule has 0 aliphatic heterocycles. The second-order valence-electron chi connectivity index (χ2n) is 4.85. The summed E-state index contributed by atoms with van der Waals surface area (Å²) < 4.78 is 3.93. The van der Waals surface area contributed by atoms with Crippen LogP contribution in [0.15, 0.2) is 36.5 Å². The van der Waals surface area contributed by atoms with E-state index in [1.54, 1.807) is 6.20 Å². The number of carbonyl (C=O) groups is 1. The molecule has 20 heavy (non-hydrogen) atoms. The summed E-state index contributed by atoms with van der Waals surface area (Å²) in [6, 6.07) is 9.34. The molecule has 0 saturated heterocycles. The molecular weight excluding hydrogens is 270 g/mol. The molecule has 0 fully saturated rings. The minimum Gasteiger partial charge on any atom is -0.288 e. The largest absolute Gasteiger partial charge is 0.288 e. The van der Waals surface area contributed by atoms with Crippen molar-refractivity contribution in [1.82, 2.24) is 14.6 Å². The summed E-state index contributed by atoms with van der Waals surface area (Å²) in [7, 11) is 0. The topological polar surface area (TPSA) is 55.7 Å².